The first-order chi connectivity index (χ1) is 16.1. The fraction of sp³-hybridized carbons (Fsp3) is 0.400. The third kappa shape index (κ3) is 4.30. The number of hydrogen-bond donors (Lipinski definition) is 1. The normalized spacial score (nSPS) is 17.8. The monoisotopic (exact) mass is 484 g/mol. The minimum Gasteiger partial charge on any atom is -0.385 e. The van der Waals surface area contributed by atoms with Crippen LogP contribution in [0.15, 0.2) is 42.6 Å². The van der Waals surface area contributed by atoms with Gasteiger partial charge >= 0.3 is 6.03 Å². The zero-order valence-electron chi connectivity index (χ0n) is 19.0. The van der Waals surface area contributed by atoms with Gasteiger partial charge in [-0.15, -0.1) is 11.3 Å². The molecule has 2 aliphatic rings. The zero-order chi connectivity index (χ0) is 22.9. The summed E-state index contributed by atoms with van der Waals surface area (Å²) >= 11 is 8.06. The highest BCUT2D eigenvalue weighted by molar-refractivity contribution is 7.15. The van der Waals surface area contributed by atoms with Crippen LogP contribution in [0.2, 0.25) is 5.02 Å². The van der Waals surface area contributed by atoms with Gasteiger partial charge in [-0.05, 0) is 55.3 Å². The van der Waals surface area contributed by atoms with Gasteiger partial charge in [0.15, 0.2) is 0 Å². The van der Waals surface area contributed by atoms with Gasteiger partial charge in [0.2, 0.25) is 0 Å². The average Bonchev–Trinajstić information content (AvgIpc) is 3.39. The maximum Gasteiger partial charge on any atom is 0.318 e. The van der Waals surface area contributed by atoms with E-state index in [0.29, 0.717) is 24.7 Å². The number of hydrogen-bond acceptors (Lipinski definition) is 4. The highest BCUT2D eigenvalue weighted by atomic mass is 35.5. The molecular formula is C25H29ClN4O2S. The van der Waals surface area contributed by atoms with Crippen molar-refractivity contribution in [2.24, 2.45) is 0 Å². The van der Waals surface area contributed by atoms with Crippen LogP contribution in [-0.4, -0.2) is 54.3 Å². The van der Waals surface area contributed by atoms with Crippen LogP contribution in [0, 0.1) is 0 Å². The van der Waals surface area contributed by atoms with Gasteiger partial charge in [-0.25, -0.2) is 4.79 Å². The van der Waals surface area contributed by atoms with E-state index in [4.69, 9.17) is 16.3 Å². The Kier molecular flexibility index (Phi) is 6.47. The summed E-state index contributed by atoms with van der Waals surface area (Å²) in [6.45, 7) is 3.79. The van der Waals surface area contributed by atoms with Gasteiger partial charge < -0.3 is 24.4 Å². The highest BCUT2D eigenvalue weighted by Crippen LogP contribution is 2.43. The Hall–Kier alpha value is -2.32. The van der Waals surface area contributed by atoms with Crippen LogP contribution < -0.4 is 5.32 Å². The number of ether oxygens (including phenoxy) is 1. The summed E-state index contributed by atoms with van der Waals surface area (Å²) in [5.74, 6) is 0. The number of fused-ring (bicyclic) bond motifs is 5. The second kappa shape index (κ2) is 9.50. The topological polar surface area (TPSA) is 49.7 Å². The average molecular weight is 485 g/mol. The number of amides is 2. The summed E-state index contributed by atoms with van der Waals surface area (Å²) in [7, 11) is 3.85. The van der Waals surface area contributed by atoms with Crippen molar-refractivity contribution in [1.82, 2.24) is 19.7 Å². The number of rotatable bonds is 5. The van der Waals surface area contributed by atoms with Crippen LogP contribution >= 0.6 is 22.9 Å². The third-order valence-electron chi connectivity index (χ3n) is 6.50. The molecular weight excluding hydrogens is 456 g/mol. The number of methoxy groups -OCH3 is 1. The molecule has 8 heteroatoms. The molecule has 3 aromatic rings. The number of carbonyl (C=O) groups excluding carboxylic acids is 1. The number of benzene rings is 1. The number of halogens is 1. The van der Waals surface area contributed by atoms with Crippen LogP contribution in [0.25, 0.3) is 5.00 Å². The van der Waals surface area contributed by atoms with E-state index < -0.39 is 0 Å². The maximum absolute atomic E-state index is 13.6. The minimum absolute atomic E-state index is 0.0560. The molecule has 0 radical (unpaired) electrons. The summed E-state index contributed by atoms with van der Waals surface area (Å²) in [5, 5.41) is 5.06. The van der Waals surface area contributed by atoms with Crippen molar-refractivity contribution in [2.45, 2.75) is 32.0 Å². The van der Waals surface area contributed by atoms with Crippen molar-refractivity contribution in [1.29, 1.82) is 0 Å². The number of nitrogens with one attached hydrogen (secondary N) is 1. The van der Waals surface area contributed by atoms with Crippen LogP contribution in [-0.2, 0) is 24.2 Å². The molecule has 0 saturated carbocycles. The molecule has 2 aliphatic heterocycles. The number of urea groups is 1. The lowest BCUT2D eigenvalue weighted by Crippen LogP contribution is -2.42. The van der Waals surface area contributed by atoms with Gasteiger partial charge in [-0.2, -0.15) is 0 Å². The highest BCUT2D eigenvalue weighted by Gasteiger charge is 2.36. The molecule has 174 valence electrons. The molecule has 1 N–H and O–H groups in total. The Bertz CT molecular complexity index is 1140. The molecule has 0 bridgehead atoms. The van der Waals surface area contributed by atoms with Crippen molar-refractivity contribution in [3.63, 3.8) is 0 Å². The van der Waals surface area contributed by atoms with Gasteiger partial charge in [0.25, 0.3) is 0 Å². The first-order valence-electron chi connectivity index (χ1n) is 11.3. The molecule has 4 heterocycles. The Labute approximate surface area is 203 Å². The lowest BCUT2D eigenvalue weighted by molar-refractivity contribution is 0.174. The molecule has 0 saturated heterocycles. The van der Waals surface area contributed by atoms with E-state index in [1.54, 1.807) is 7.11 Å². The second-order valence-electron chi connectivity index (χ2n) is 8.74. The molecule has 6 nitrogen and oxygen atoms in total. The van der Waals surface area contributed by atoms with Crippen molar-refractivity contribution < 1.29 is 9.53 Å². The van der Waals surface area contributed by atoms with Crippen LogP contribution in [0.5, 0.6) is 0 Å². The van der Waals surface area contributed by atoms with Crippen molar-refractivity contribution >= 4 is 29.0 Å². The van der Waals surface area contributed by atoms with E-state index >= 15 is 0 Å². The molecule has 33 heavy (non-hydrogen) atoms. The number of thiophene rings is 1. The second-order valence-corrected chi connectivity index (χ2v) is 10.3. The lowest BCUT2D eigenvalue weighted by Gasteiger charge is -2.32. The standard InChI is InChI=1S/C25H29ClN4O2S/c1-28-13-10-19-20-15-30(25(31)27-11-4-14-32-2)23(17-6-8-18(26)9-7-17)21-5-3-12-29(21)24(20)33-22(19)16-28/h3,5-9,12,23H,4,10-11,13-16H2,1-2H3,(H,27,31). The fourth-order valence-corrected chi connectivity index (χ4v) is 6.43. The van der Waals surface area contributed by atoms with Gasteiger partial charge in [-0.1, -0.05) is 23.7 Å². The number of carbonyl (C=O) groups is 1. The summed E-state index contributed by atoms with van der Waals surface area (Å²) in [6, 6.07) is 11.8. The Balaban J connectivity index is 1.59. The Morgan fingerprint density at radius 3 is 2.82 bits per heavy atom. The van der Waals surface area contributed by atoms with Gasteiger partial charge in [-0.3, -0.25) is 0 Å². The van der Waals surface area contributed by atoms with Crippen LogP contribution in [0.3, 0.4) is 0 Å². The molecule has 1 aromatic carbocycles. The van der Waals surface area contributed by atoms with Gasteiger partial charge in [0.1, 0.15) is 5.00 Å². The molecule has 2 aromatic heterocycles. The van der Waals surface area contributed by atoms with E-state index in [1.165, 1.54) is 21.0 Å². The third-order valence-corrected chi connectivity index (χ3v) is 8.01. The van der Waals surface area contributed by atoms with Crippen molar-refractivity contribution in [2.75, 3.05) is 33.9 Å². The lowest BCUT2D eigenvalue weighted by atomic mass is 10.0. The molecule has 5 rings (SSSR count). The summed E-state index contributed by atoms with van der Waals surface area (Å²) in [5.41, 5.74) is 4.84. The predicted molar refractivity (Wildman–Crippen MR) is 132 cm³/mol. The molecule has 0 aliphatic carbocycles. The molecule has 2 amide bonds. The van der Waals surface area contributed by atoms with E-state index in [1.807, 2.05) is 40.5 Å². The summed E-state index contributed by atoms with van der Waals surface area (Å²) in [6.07, 6.45) is 3.93. The Morgan fingerprint density at radius 1 is 1.21 bits per heavy atom. The van der Waals surface area contributed by atoms with E-state index in [2.05, 4.69) is 40.2 Å². The van der Waals surface area contributed by atoms with E-state index in [0.717, 1.165) is 37.2 Å². The molecule has 1 atom stereocenters. The smallest absolute Gasteiger partial charge is 0.318 e. The van der Waals surface area contributed by atoms with Crippen molar-refractivity contribution in [3.8, 4) is 5.00 Å². The largest absolute Gasteiger partial charge is 0.385 e. The molecule has 0 spiro atoms. The number of aromatic nitrogens is 1. The fourth-order valence-electron chi connectivity index (χ4n) is 4.86. The summed E-state index contributed by atoms with van der Waals surface area (Å²) in [4.78, 5) is 19.3. The van der Waals surface area contributed by atoms with E-state index in [9.17, 15) is 4.79 Å². The van der Waals surface area contributed by atoms with Crippen LogP contribution in [0.1, 0.15) is 39.7 Å². The SMILES string of the molecule is COCCCNC(=O)N1Cc2c(sc3c2CCN(C)C3)-n2cccc2C1c1ccc(Cl)cc1. The first kappa shape index (κ1) is 22.5. The zero-order valence-corrected chi connectivity index (χ0v) is 20.6. The maximum atomic E-state index is 13.6. The molecule has 1 unspecified atom stereocenters. The van der Waals surface area contributed by atoms with E-state index in [-0.39, 0.29) is 12.1 Å². The minimum atomic E-state index is -0.207. The number of likely N-dealkylation sites (N-methyl/N-ethyl adjacent to an activating group) is 1. The Morgan fingerprint density at radius 2 is 2.03 bits per heavy atom. The van der Waals surface area contributed by atoms with Gasteiger partial charge in [0.05, 0.1) is 18.3 Å². The van der Waals surface area contributed by atoms with Crippen molar-refractivity contribution in [3.05, 3.63) is 74.9 Å². The molecule has 0 fully saturated rings. The quantitative estimate of drug-likeness (QED) is 0.527. The van der Waals surface area contributed by atoms with Crippen LogP contribution in [0.4, 0.5) is 4.79 Å². The first-order valence-corrected chi connectivity index (χ1v) is 12.5. The predicted octanol–water partition coefficient (Wildman–Crippen LogP) is 4.83. The van der Waals surface area contributed by atoms with Gasteiger partial charge in [0, 0.05) is 55.0 Å². The number of nitrogens with zero attached hydrogens (tertiary/aromatic N) is 3. The summed E-state index contributed by atoms with van der Waals surface area (Å²) < 4.78 is 7.44.